The van der Waals surface area contributed by atoms with Crippen molar-refractivity contribution in [3.63, 3.8) is 0 Å². The van der Waals surface area contributed by atoms with Crippen LogP contribution in [0.15, 0.2) is 77.8 Å². The van der Waals surface area contributed by atoms with Gasteiger partial charge in [0, 0.05) is 12.7 Å². The molecule has 0 spiro atoms. The number of pyridine rings is 1. The first-order valence-corrected chi connectivity index (χ1v) is 10.2. The lowest BCUT2D eigenvalue weighted by Gasteiger charge is -2.22. The van der Waals surface area contributed by atoms with Crippen LogP contribution in [0.1, 0.15) is 11.3 Å². The van der Waals surface area contributed by atoms with Gasteiger partial charge in [-0.15, -0.1) is 0 Å². The van der Waals surface area contributed by atoms with Gasteiger partial charge in [-0.3, -0.25) is 4.98 Å². The SMILES string of the molecule is COc1ccc(S(=O)(=O)N(CCc2ccccc2)Cc2ccccn2)cc1F. The van der Waals surface area contributed by atoms with Crippen LogP contribution in [0.2, 0.25) is 0 Å². The molecule has 146 valence electrons. The van der Waals surface area contributed by atoms with Gasteiger partial charge in [-0.2, -0.15) is 4.31 Å². The zero-order chi connectivity index (χ0) is 20.0. The third-order valence-electron chi connectivity index (χ3n) is 4.32. The van der Waals surface area contributed by atoms with E-state index in [0.29, 0.717) is 12.1 Å². The summed E-state index contributed by atoms with van der Waals surface area (Å²) in [7, 11) is -2.59. The lowest BCUT2D eigenvalue weighted by Crippen LogP contribution is -2.33. The Labute approximate surface area is 164 Å². The number of benzene rings is 2. The van der Waals surface area contributed by atoms with E-state index in [-0.39, 0.29) is 23.7 Å². The van der Waals surface area contributed by atoms with Crippen LogP contribution in [0, 0.1) is 5.82 Å². The molecule has 7 heteroatoms. The molecule has 0 unspecified atom stereocenters. The number of methoxy groups -OCH3 is 1. The minimum Gasteiger partial charge on any atom is -0.494 e. The number of rotatable bonds is 8. The van der Waals surface area contributed by atoms with Gasteiger partial charge in [0.1, 0.15) is 0 Å². The Bertz CT molecular complexity index is 1010. The molecule has 0 bridgehead atoms. The quantitative estimate of drug-likeness (QED) is 0.579. The summed E-state index contributed by atoms with van der Waals surface area (Å²) >= 11 is 0. The summed E-state index contributed by atoms with van der Waals surface area (Å²) in [6.07, 6.45) is 2.15. The normalized spacial score (nSPS) is 11.5. The first-order chi connectivity index (χ1) is 13.5. The van der Waals surface area contributed by atoms with Crippen molar-refractivity contribution in [2.45, 2.75) is 17.9 Å². The lowest BCUT2D eigenvalue weighted by molar-refractivity contribution is 0.384. The predicted molar refractivity (Wildman–Crippen MR) is 105 cm³/mol. The maximum Gasteiger partial charge on any atom is 0.243 e. The van der Waals surface area contributed by atoms with Crippen molar-refractivity contribution in [1.82, 2.24) is 9.29 Å². The monoisotopic (exact) mass is 400 g/mol. The summed E-state index contributed by atoms with van der Waals surface area (Å²) < 4.78 is 46.7. The number of aromatic nitrogens is 1. The summed E-state index contributed by atoms with van der Waals surface area (Å²) in [6.45, 7) is 0.347. The molecule has 0 radical (unpaired) electrons. The highest BCUT2D eigenvalue weighted by molar-refractivity contribution is 7.89. The number of sulfonamides is 1. The fraction of sp³-hybridized carbons (Fsp3) is 0.190. The van der Waals surface area contributed by atoms with Crippen molar-refractivity contribution >= 4 is 10.0 Å². The van der Waals surface area contributed by atoms with E-state index in [1.54, 1.807) is 24.4 Å². The molecular weight excluding hydrogens is 379 g/mol. The van der Waals surface area contributed by atoms with Gasteiger partial charge >= 0.3 is 0 Å². The Hall–Kier alpha value is -2.77. The molecular formula is C21H21FN2O3S. The molecule has 0 fully saturated rings. The van der Waals surface area contributed by atoms with Gasteiger partial charge in [0.2, 0.25) is 10.0 Å². The van der Waals surface area contributed by atoms with Gasteiger partial charge < -0.3 is 4.74 Å². The van der Waals surface area contributed by atoms with Crippen molar-refractivity contribution in [3.8, 4) is 5.75 Å². The summed E-state index contributed by atoms with van der Waals surface area (Å²) in [5, 5.41) is 0. The molecule has 3 rings (SSSR count). The molecule has 28 heavy (non-hydrogen) atoms. The third kappa shape index (κ3) is 4.74. The van der Waals surface area contributed by atoms with E-state index in [1.165, 1.54) is 23.5 Å². The van der Waals surface area contributed by atoms with Crippen molar-refractivity contribution in [2.24, 2.45) is 0 Å². The third-order valence-corrected chi connectivity index (χ3v) is 6.16. The summed E-state index contributed by atoms with van der Waals surface area (Å²) in [5.41, 5.74) is 1.64. The minimum absolute atomic E-state index is 0.000452. The van der Waals surface area contributed by atoms with Crippen LogP contribution in [0.25, 0.3) is 0 Å². The van der Waals surface area contributed by atoms with Crippen molar-refractivity contribution in [3.05, 3.63) is 90.0 Å². The van der Waals surface area contributed by atoms with Gasteiger partial charge in [0.05, 0.1) is 24.2 Å². The molecule has 0 aliphatic heterocycles. The molecule has 5 nitrogen and oxygen atoms in total. The van der Waals surface area contributed by atoms with E-state index < -0.39 is 15.8 Å². The molecule has 0 saturated heterocycles. The lowest BCUT2D eigenvalue weighted by atomic mass is 10.1. The van der Waals surface area contributed by atoms with Crippen molar-refractivity contribution in [1.29, 1.82) is 0 Å². The molecule has 0 amide bonds. The van der Waals surface area contributed by atoms with E-state index in [4.69, 9.17) is 4.74 Å². The highest BCUT2D eigenvalue weighted by atomic mass is 32.2. The van der Waals surface area contributed by atoms with E-state index in [0.717, 1.165) is 11.6 Å². The summed E-state index contributed by atoms with van der Waals surface area (Å²) in [6, 6.07) is 18.6. The fourth-order valence-corrected chi connectivity index (χ4v) is 4.24. The molecule has 0 aliphatic rings. The van der Waals surface area contributed by atoms with Gasteiger partial charge in [-0.05, 0) is 42.3 Å². The number of nitrogens with zero attached hydrogens (tertiary/aromatic N) is 2. The second-order valence-electron chi connectivity index (χ2n) is 6.19. The largest absolute Gasteiger partial charge is 0.494 e. The number of hydrogen-bond donors (Lipinski definition) is 0. The summed E-state index contributed by atoms with van der Waals surface area (Å²) in [5.74, 6) is -0.719. The highest BCUT2D eigenvalue weighted by Gasteiger charge is 2.26. The average molecular weight is 400 g/mol. The smallest absolute Gasteiger partial charge is 0.243 e. The van der Waals surface area contributed by atoms with Crippen LogP contribution in [0.5, 0.6) is 5.75 Å². The second-order valence-corrected chi connectivity index (χ2v) is 8.13. The van der Waals surface area contributed by atoms with Crippen LogP contribution in [-0.2, 0) is 23.0 Å². The molecule has 1 aromatic heterocycles. The van der Waals surface area contributed by atoms with Crippen molar-refractivity contribution < 1.29 is 17.5 Å². The Balaban J connectivity index is 1.90. The Kier molecular flexibility index (Phi) is 6.38. The predicted octanol–water partition coefficient (Wildman–Crippen LogP) is 3.66. The minimum atomic E-state index is -3.92. The van der Waals surface area contributed by atoms with Crippen LogP contribution in [0.3, 0.4) is 0 Å². The van der Waals surface area contributed by atoms with E-state index in [2.05, 4.69) is 4.98 Å². The van der Waals surface area contributed by atoms with Gasteiger partial charge in [-0.1, -0.05) is 36.4 Å². The highest BCUT2D eigenvalue weighted by Crippen LogP contribution is 2.24. The molecule has 3 aromatic rings. The second kappa shape index (κ2) is 8.95. The fourth-order valence-electron chi connectivity index (χ4n) is 2.81. The number of hydrogen-bond acceptors (Lipinski definition) is 4. The van der Waals surface area contributed by atoms with Crippen LogP contribution in [-0.4, -0.2) is 31.4 Å². The van der Waals surface area contributed by atoms with Gasteiger partial charge in [0.15, 0.2) is 11.6 Å². The molecule has 0 saturated carbocycles. The van der Waals surface area contributed by atoms with Gasteiger partial charge in [0.25, 0.3) is 0 Å². The summed E-state index contributed by atoms with van der Waals surface area (Å²) in [4.78, 5) is 4.11. The van der Waals surface area contributed by atoms with E-state index in [9.17, 15) is 12.8 Å². The molecule has 0 N–H and O–H groups in total. The zero-order valence-electron chi connectivity index (χ0n) is 15.5. The van der Waals surface area contributed by atoms with E-state index >= 15 is 0 Å². The molecule has 0 aliphatic carbocycles. The number of ether oxygens (including phenoxy) is 1. The first-order valence-electron chi connectivity index (χ1n) is 8.78. The maximum atomic E-state index is 14.1. The van der Waals surface area contributed by atoms with Crippen molar-refractivity contribution in [2.75, 3.05) is 13.7 Å². The number of halogens is 1. The average Bonchev–Trinajstić information content (AvgIpc) is 2.72. The van der Waals surface area contributed by atoms with E-state index in [1.807, 2.05) is 30.3 Å². The van der Waals surface area contributed by atoms with Crippen LogP contribution in [0.4, 0.5) is 4.39 Å². The van der Waals surface area contributed by atoms with Crippen LogP contribution < -0.4 is 4.74 Å². The standard InChI is InChI=1S/C21H21FN2O3S/c1-27-21-11-10-19(15-20(21)22)28(25,26)24(16-18-9-5-6-13-23-18)14-12-17-7-3-2-4-8-17/h2-11,13,15H,12,14,16H2,1H3. The maximum absolute atomic E-state index is 14.1. The first kappa shape index (κ1) is 20.0. The Morgan fingerprint density at radius 2 is 1.79 bits per heavy atom. The molecule has 2 aromatic carbocycles. The Morgan fingerprint density at radius 3 is 2.43 bits per heavy atom. The Morgan fingerprint density at radius 1 is 1.04 bits per heavy atom. The topological polar surface area (TPSA) is 59.5 Å². The molecule has 0 atom stereocenters. The van der Waals surface area contributed by atoms with Gasteiger partial charge in [-0.25, -0.2) is 12.8 Å². The molecule has 1 heterocycles. The zero-order valence-corrected chi connectivity index (χ0v) is 16.3. The van der Waals surface area contributed by atoms with Crippen LogP contribution >= 0.6 is 0 Å².